The van der Waals surface area contributed by atoms with Crippen molar-refractivity contribution in [1.29, 1.82) is 0 Å². The van der Waals surface area contributed by atoms with Gasteiger partial charge in [0.05, 0.1) is 0 Å². The Morgan fingerprint density at radius 3 is 2.04 bits per heavy atom. The lowest BCUT2D eigenvalue weighted by Crippen LogP contribution is -2.56. The van der Waals surface area contributed by atoms with E-state index in [2.05, 4.69) is 26.1 Å². The van der Waals surface area contributed by atoms with Crippen LogP contribution in [0.3, 0.4) is 0 Å². The largest absolute Gasteiger partial charge is 0.332 e. The molecule has 1 N–H and O–H groups in total. The molecule has 0 aliphatic carbocycles. The Balaban J connectivity index is 2.12. The number of rotatable bonds is 3. The fourth-order valence-corrected chi connectivity index (χ4v) is 3.46. The summed E-state index contributed by atoms with van der Waals surface area (Å²) in [5, 5.41) is 2.89. The van der Waals surface area contributed by atoms with E-state index < -0.39 is 9.96 Å². The number of alkyl halides is 3. The Kier molecular flexibility index (Phi) is 6.46. The van der Waals surface area contributed by atoms with Crippen LogP contribution in [0.5, 0.6) is 0 Å². The zero-order chi connectivity index (χ0) is 18.0. The van der Waals surface area contributed by atoms with E-state index in [1.807, 2.05) is 29.2 Å². The smallest absolute Gasteiger partial charge is 0.252 e. The van der Waals surface area contributed by atoms with Gasteiger partial charge in [0.2, 0.25) is 3.79 Å². The van der Waals surface area contributed by atoms with E-state index >= 15 is 0 Å². The highest BCUT2D eigenvalue weighted by atomic mass is 35.6. The van der Waals surface area contributed by atoms with Crippen molar-refractivity contribution >= 4 is 40.7 Å². The van der Waals surface area contributed by atoms with Crippen LogP contribution in [0.2, 0.25) is 0 Å². The predicted octanol–water partition coefficient (Wildman–Crippen LogP) is 4.90. The minimum absolute atomic E-state index is 0.0446. The summed E-state index contributed by atoms with van der Waals surface area (Å²) in [6, 6.07) is 7.59. The molecule has 1 saturated heterocycles. The summed E-state index contributed by atoms with van der Waals surface area (Å²) < 4.78 is -1.57. The van der Waals surface area contributed by atoms with E-state index in [-0.39, 0.29) is 11.3 Å². The van der Waals surface area contributed by atoms with E-state index in [9.17, 15) is 4.79 Å². The fraction of sp³-hybridized carbons (Fsp3) is 0.611. The molecule has 0 spiro atoms. The summed E-state index contributed by atoms with van der Waals surface area (Å²) in [5.41, 5.74) is 1.79. The van der Waals surface area contributed by atoms with Crippen LogP contribution in [0, 0.1) is 0 Å². The Bertz CT molecular complexity index is 555. The van der Waals surface area contributed by atoms with Crippen molar-refractivity contribution in [3.05, 3.63) is 35.4 Å². The molecule has 0 unspecified atom stereocenters. The van der Waals surface area contributed by atoms with E-state index in [1.165, 1.54) is 12.0 Å². The molecule has 1 heterocycles. The molecule has 1 atom stereocenters. The Labute approximate surface area is 159 Å². The summed E-state index contributed by atoms with van der Waals surface area (Å²) in [7, 11) is 0. The van der Waals surface area contributed by atoms with Crippen molar-refractivity contribution < 1.29 is 4.79 Å². The first-order valence-electron chi connectivity index (χ1n) is 8.31. The first kappa shape index (κ1) is 19.8. The van der Waals surface area contributed by atoms with Crippen LogP contribution in [0.25, 0.3) is 0 Å². The van der Waals surface area contributed by atoms with Crippen molar-refractivity contribution in [3.63, 3.8) is 0 Å². The lowest BCUT2D eigenvalue weighted by Gasteiger charge is -2.38. The summed E-state index contributed by atoms with van der Waals surface area (Å²) in [6.07, 6.45) is 2.64. The third-order valence-electron chi connectivity index (χ3n) is 4.35. The number of benzene rings is 1. The number of hydrogen-bond acceptors (Lipinski definition) is 2. The van der Waals surface area contributed by atoms with E-state index in [0.29, 0.717) is 5.56 Å². The summed E-state index contributed by atoms with van der Waals surface area (Å²) in [5.74, 6) is -0.225. The van der Waals surface area contributed by atoms with Crippen LogP contribution in [-0.2, 0) is 5.41 Å². The van der Waals surface area contributed by atoms with Crippen molar-refractivity contribution in [2.24, 2.45) is 0 Å². The fourth-order valence-electron chi connectivity index (χ4n) is 2.89. The molecular weight excluding hydrogens is 367 g/mol. The molecule has 1 aliphatic rings. The number of halogens is 3. The second-order valence-electron chi connectivity index (χ2n) is 7.34. The van der Waals surface area contributed by atoms with E-state index in [4.69, 9.17) is 34.8 Å². The number of likely N-dealkylation sites (tertiary alicyclic amines) is 1. The van der Waals surface area contributed by atoms with Crippen molar-refractivity contribution in [3.8, 4) is 0 Å². The van der Waals surface area contributed by atoms with Crippen LogP contribution in [0.15, 0.2) is 24.3 Å². The van der Waals surface area contributed by atoms with E-state index in [1.54, 1.807) is 0 Å². The van der Waals surface area contributed by atoms with Crippen LogP contribution in [-0.4, -0.2) is 33.9 Å². The van der Waals surface area contributed by atoms with Gasteiger partial charge in [-0.2, -0.15) is 0 Å². The molecule has 0 radical (unpaired) electrons. The topological polar surface area (TPSA) is 32.3 Å². The first-order chi connectivity index (χ1) is 11.1. The number of nitrogens with one attached hydrogen (secondary N) is 1. The quantitative estimate of drug-likeness (QED) is 0.744. The third kappa shape index (κ3) is 5.26. The maximum atomic E-state index is 12.6. The van der Waals surface area contributed by atoms with Gasteiger partial charge in [0.15, 0.2) is 0 Å². The molecule has 1 fully saturated rings. The average molecular weight is 392 g/mol. The second kappa shape index (κ2) is 7.82. The standard InChI is InChI=1S/C18H25Cl3N2O/c1-17(2,3)14-9-7-13(8-10-14)15(24)22-16(18(19,20)21)23-11-5-4-6-12-23/h7-10,16H,4-6,11-12H2,1-3H3,(H,22,24)/t16-/m0/s1. The predicted molar refractivity (Wildman–Crippen MR) is 102 cm³/mol. The Morgan fingerprint density at radius 1 is 1.04 bits per heavy atom. The van der Waals surface area contributed by atoms with E-state index in [0.717, 1.165) is 25.9 Å². The van der Waals surface area contributed by atoms with Crippen LogP contribution < -0.4 is 5.32 Å². The SMILES string of the molecule is CC(C)(C)c1ccc(C(=O)N[C@@H](N2CCCCC2)C(Cl)(Cl)Cl)cc1. The third-order valence-corrected chi connectivity index (χ3v) is 4.97. The summed E-state index contributed by atoms with van der Waals surface area (Å²) in [4.78, 5) is 14.6. The molecule has 1 aliphatic heterocycles. The van der Waals surface area contributed by atoms with Gasteiger partial charge in [-0.3, -0.25) is 9.69 Å². The van der Waals surface area contributed by atoms with Crippen LogP contribution in [0.1, 0.15) is 56.0 Å². The second-order valence-corrected chi connectivity index (χ2v) is 9.71. The monoisotopic (exact) mass is 390 g/mol. The number of hydrogen-bond donors (Lipinski definition) is 1. The molecule has 24 heavy (non-hydrogen) atoms. The Hall–Kier alpha value is -0.480. The van der Waals surface area contributed by atoms with Gasteiger partial charge < -0.3 is 5.32 Å². The van der Waals surface area contributed by atoms with Gasteiger partial charge in [0, 0.05) is 18.7 Å². The molecule has 6 heteroatoms. The summed E-state index contributed by atoms with van der Waals surface area (Å²) in [6.45, 7) is 8.05. The maximum Gasteiger partial charge on any atom is 0.252 e. The molecular formula is C18H25Cl3N2O. The number of carbonyl (C=O) groups is 1. The minimum Gasteiger partial charge on any atom is -0.332 e. The zero-order valence-electron chi connectivity index (χ0n) is 14.4. The Morgan fingerprint density at radius 2 is 1.58 bits per heavy atom. The highest BCUT2D eigenvalue weighted by Gasteiger charge is 2.39. The minimum atomic E-state index is -1.57. The van der Waals surface area contributed by atoms with Crippen molar-refractivity contribution in [2.45, 2.75) is 55.4 Å². The molecule has 1 aromatic carbocycles. The lowest BCUT2D eigenvalue weighted by atomic mass is 9.87. The normalized spacial score (nSPS) is 18.2. The molecule has 2 rings (SSSR count). The molecule has 134 valence electrons. The molecule has 0 saturated carbocycles. The highest BCUT2D eigenvalue weighted by molar-refractivity contribution is 6.68. The van der Waals surface area contributed by atoms with Gasteiger partial charge in [0.1, 0.15) is 6.17 Å². The van der Waals surface area contributed by atoms with Gasteiger partial charge in [-0.15, -0.1) is 0 Å². The van der Waals surface area contributed by atoms with Gasteiger partial charge in [-0.05, 0) is 36.0 Å². The number of nitrogens with zero attached hydrogens (tertiary/aromatic N) is 1. The molecule has 0 aromatic heterocycles. The molecule has 0 bridgehead atoms. The van der Waals surface area contributed by atoms with Crippen molar-refractivity contribution in [2.75, 3.05) is 13.1 Å². The number of piperidine rings is 1. The molecule has 1 aromatic rings. The zero-order valence-corrected chi connectivity index (χ0v) is 16.7. The van der Waals surface area contributed by atoms with Gasteiger partial charge in [-0.1, -0.05) is 74.1 Å². The van der Waals surface area contributed by atoms with Gasteiger partial charge >= 0.3 is 0 Å². The highest BCUT2D eigenvalue weighted by Crippen LogP contribution is 2.33. The van der Waals surface area contributed by atoms with Crippen molar-refractivity contribution in [1.82, 2.24) is 10.2 Å². The molecule has 1 amide bonds. The van der Waals surface area contributed by atoms with Gasteiger partial charge in [0.25, 0.3) is 5.91 Å². The average Bonchev–Trinajstić information content (AvgIpc) is 2.51. The first-order valence-corrected chi connectivity index (χ1v) is 9.44. The number of carbonyl (C=O) groups excluding carboxylic acids is 1. The maximum absolute atomic E-state index is 12.6. The van der Waals surface area contributed by atoms with Crippen LogP contribution >= 0.6 is 34.8 Å². The number of amides is 1. The molecule has 3 nitrogen and oxygen atoms in total. The summed E-state index contributed by atoms with van der Waals surface area (Å²) >= 11 is 18.4. The van der Waals surface area contributed by atoms with Gasteiger partial charge in [-0.25, -0.2) is 0 Å². The lowest BCUT2D eigenvalue weighted by molar-refractivity contribution is 0.0819. The van der Waals surface area contributed by atoms with Crippen LogP contribution in [0.4, 0.5) is 0 Å².